The number of fused-ring (bicyclic) bond motifs is 1. The Bertz CT molecular complexity index is 1380. The Balaban J connectivity index is 1.63. The van der Waals surface area contributed by atoms with Crippen LogP contribution in [0.1, 0.15) is 39.0 Å². The Labute approximate surface area is 187 Å². The quantitative estimate of drug-likeness (QED) is 0.259. The van der Waals surface area contributed by atoms with Crippen LogP contribution in [0.15, 0.2) is 46.3 Å². The molecule has 3 heterocycles. The fourth-order valence-electron chi connectivity index (χ4n) is 3.68. The average molecular weight is 452 g/mol. The Morgan fingerprint density at radius 1 is 1.19 bits per heavy atom. The number of hydrogen-bond acceptors (Lipinski definition) is 6. The van der Waals surface area contributed by atoms with E-state index in [0.717, 1.165) is 10.4 Å². The van der Waals surface area contributed by atoms with Gasteiger partial charge in [-0.3, -0.25) is 19.0 Å². The minimum absolute atomic E-state index is 0.0700. The first-order chi connectivity index (χ1) is 14.8. The molecule has 31 heavy (non-hydrogen) atoms. The lowest BCUT2D eigenvalue weighted by atomic mass is 10.1. The van der Waals surface area contributed by atoms with Gasteiger partial charge >= 0.3 is 0 Å². The van der Waals surface area contributed by atoms with Crippen molar-refractivity contribution < 1.29 is 9.59 Å². The van der Waals surface area contributed by atoms with E-state index < -0.39 is 0 Å². The van der Waals surface area contributed by atoms with Gasteiger partial charge in [0.2, 0.25) is 0 Å². The third-order valence-corrected chi connectivity index (χ3v) is 7.30. The number of thioether (sulfide) groups is 1. The van der Waals surface area contributed by atoms with E-state index in [0.29, 0.717) is 37.9 Å². The lowest BCUT2D eigenvalue weighted by Crippen LogP contribution is -2.19. The predicted molar refractivity (Wildman–Crippen MR) is 126 cm³/mol. The number of aryl methyl sites for hydroxylation is 1. The fraction of sp³-hybridized carbons (Fsp3) is 0.217. The third kappa shape index (κ3) is 3.88. The molecule has 1 N–H and O–H groups in total. The number of hydrogen-bond donors (Lipinski definition) is 1. The van der Waals surface area contributed by atoms with Crippen molar-refractivity contribution in [3.8, 4) is 10.4 Å². The van der Waals surface area contributed by atoms with Crippen molar-refractivity contribution in [2.45, 2.75) is 25.9 Å². The Morgan fingerprint density at radius 3 is 2.55 bits per heavy atom. The number of rotatable bonds is 6. The summed E-state index contributed by atoms with van der Waals surface area (Å²) in [7, 11) is 1.67. The third-order valence-electron chi connectivity index (χ3n) is 5.19. The normalized spacial score (nSPS) is 11.2. The van der Waals surface area contributed by atoms with Crippen LogP contribution < -0.4 is 5.56 Å². The molecule has 8 heteroatoms. The molecule has 0 saturated carbocycles. The molecular weight excluding hydrogens is 430 g/mol. The van der Waals surface area contributed by atoms with Gasteiger partial charge in [-0.25, -0.2) is 4.98 Å². The van der Waals surface area contributed by atoms with Crippen LogP contribution >= 0.6 is 23.1 Å². The summed E-state index contributed by atoms with van der Waals surface area (Å²) in [5, 5.41) is 1.06. The van der Waals surface area contributed by atoms with Crippen molar-refractivity contribution in [2.24, 2.45) is 7.05 Å². The maximum atomic E-state index is 12.9. The number of benzene rings is 1. The minimum atomic E-state index is -0.136. The Morgan fingerprint density at radius 2 is 1.90 bits per heavy atom. The molecule has 1 aromatic carbocycles. The van der Waals surface area contributed by atoms with Gasteiger partial charge in [-0.2, -0.15) is 0 Å². The number of nitrogens with one attached hydrogen (secondary N) is 1. The largest absolute Gasteiger partial charge is 0.355 e. The molecule has 0 unspecified atom stereocenters. The number of aromatic amines is 1. The zero-order chi connectivity index (χ0) is 22.3. The summed E-state index contributed by atoms with van der Waals surface area (Å²) in [6.07, 6.45) is 0. The molecule has 0 aliphatic rings. The molecule has 0 spiro atoms. The summed E-state index contributed by atoms with van der Waals surface area (Å²) in [5.74, 6) is -0.0936. The molecule has 0 fully saturated rings. The number of thiophene rings is 1. The molecule has 0 aliphatic heterocycles. The lowest BCUT2D eigenvalue weighted by molar-refractivity contribution is 0.101. The van der Waals surface area contributed by atoms with Crippen molar-refractivity contribution in [3.63, 3.8) is 0 Å². The fourth-order valence-corrected chi connectivity index (χ4v) is 5.60. The second-order valence-corrected chi connectivity index (χ2v) is 9.32. The van der Waals surface area contributed by atoms with E-state index in [1.807, 2.05) is 36.4 Å². The molecule has 3 aromatic heterocycles. The first-order valence-corrected chi connectivity index (χ1v) is 11.5. The van der Waals surface area contributed by atoms with E-state index in [9.17, 15) is 14.4 Å². The number of nitrogens with zero attached hydrogens (tertiary/aromatic N) is 2. The monoisotopic (exact) mass is 451 g/mol. The molecular formula is C23H21N3O3S2. The van der Waals surface area contributed by atoms with Gasteiger partial charge in [-0.1, -0.05) is 42.1 Å². The first-order valence-electron chi connectivity index (χ1n) is 9.70. The van der Waals surface area contributed by atoms with Crippen LogP contribution in [0.4, 0.5) is 0 Å². The minimum Gasteiger partial charge on any atom is -0.355 e. The van der Waals surface area contributed by atoms with E-state index in [1.54, 1.807) is 20.9 Å². The molecule has 158 valence electrons. The molecule has 0 bridgehead atoms. The van der Waals surface area contributed by atoms with E-state index in [-0.39, 0.29) is 22.9 Å². The number of H-pyrrole nitrogens is 1. The molecule has 0 amide bonds. The van der Waals surface area contributed by atoms with Crippen molar-refractivity contribution >= 4 is 44.9 Å². The summed E-state index contributed by atoms with van der Waals surface area (Å²) in [6, 6.07) is 11.7. The summed E-state index contributed by atoms with van der Waals surface area (Å²) >= 11 is 2.68. The van der Waals surface area contributed by atoms with Gasteiger partial charge in [-0.05, 0) is 38.0 Å². The number of carbonyl (C=O) groups excluding carboxylic acids is 2. The number of Topliss-reactive ketones (excluding diaryl/α,β-unsaturated/α-hetero) is 2. The van der Waals surface area contributed by atoms with Gasteiger partial charge in [0.15, 0.2) is 16.7 Å². The SMILES string of the molecule is CC(=O)c1c(C)[nH]c(C(=O)CSc2nc3sc(-c4ccccc4)cc3c(=O)n2C)c1C. The highest BCUT2D eigenvalue weighted by Gasteiger charge is 2.21. The zero-order valence-corrected chi connectivity index (χ0v) is 19.2. The summed E-state index contributed by atoms with van der Waals surface area (Å²) in [6.45, 7) is 5.05. The lowest BCUT2D eigenvalue weighted by Gasteiger charge is -2.06. The molecule has 4 rings (SSSR count). The summed E-state index contributed by atoms with van der Waals surface area (Å²) in [4.78, 5) is 46.8. The van der Waals surface area contributed by atoms with Gasteiger partial charge in [0, 0.05) is 23.2 Å². The smallest absolute Gasteiger partial charge is 0.262 e. The predicted octanol–water partition coefficient (Wildman–Crippen LogP) is 4.78. The van der Waals surface area contributed by atoms with E-state index in [4.69, 9.17) is 0 Å². The standard InChI is InChI=1S/C23H21N3O3S2/c1-12-19(14(3)27)13(2)24-20(12)17(28)11-30-23-25-21-16(22(29)26(23)4)10-18(31-21)15-8-6-5-7-9-15/h5-10,24H,11H2,1-4H3. The topological polar surface area (TPSA) is 84.8 Å². The maximum Gasteiger partial charge on any atom is 0.262 e. The second-order valence-electron chi connectivity index (χ2n) is 7.35. The highest BCUT2D eigenvalue weighted by molar-refractivity contribution is 7.99. The first kappa shape index (κ1) is 21.3. The molecule has 6 nitrogen and oxygen atoms in total. The molecule has 4 aromatic rings. The second kappa shape index (κ2) is 8.28. The van der Waals surface area contributed by atoms with E-state index in [2.05, 4.69) is 9.97 Å². The van der Waals surface area contributed by atoms with Crippen LogP contribution in [0.2, 0.25) is 0 Å². The van der Waals surface area contributed by atoms with Crippen LogP contribution in [0.5, 0.6) is 0 Å². The van der Waals surface area contributed by atoms with Crippen LogP contribution in [0.25, 0.3) is 20.7 Å². The summed E-state index contributed by atoms with van der Waals surface area (Å²) < 4.78 is 1.48. The maximum absolute atomic E-state index is 12.9. The Kier molecular flexibility index (Phi) is 5.68. The van der Waals surface area contributed by atoms with E-state index >= 15 is 0 Å². The van der Waals surface area contributed by atoms with Crippen LogP contribution in [-0.2, 0) is 7.05 Å². The van der Waals surface area contributed by atoms with Crippen molar-refractivity contribution in [3.05, 3.63) is 69.3 Å². The van der Waals surface area contributed by atoms with Crippen LogP contribution in [0.3, 0.4) is 0 Å². The highest BCUT2D eigenvalue weighted by atomic mass is 32.2. The zero-order valence-electron chi connectivity index (χ0n) is 17.6. The van der Waals surface area contributed by atoms with Crippen LogP contribution in [-0.4, -0.2) is 31.9 Å². The molecule has 0 radical (unpaired) electrons. The molecule has 0 saturated heterocycles. The van der Waals surface area contributed by atoms with Crippen molar-refractivity contribution in [2.75, 3.05) is 5.75 Å². The van der Waals surface area contributed by atoms with Gasteiger partial charge in [0.1, 0.15) is 4.83 Å². The van der Waals surface area contributed by atoms with Gasteiger partial charge < -0.3 is 4.98 Å². The van der Waals surface area contributed by atoms with Crippen molar-refractivity contribution in [1.82, 2.24) is 14.5 Å². The van der Waals surface area contributed by atoms with Gasteiger partial charge in [0.05, 0.1) is 16.8 Å². The number of carbonyl (C=O) groups is 2. The Hall–Kier alpha value is -2.97. The number of aromatic nitrogens is 3. The van der Waals surface area contributed by atoms with Crippen LogP contribution in [0, 0.1) is 13.8 Å². The molecule has 0 atom stereocenters. The molecule has 0 aliphatic carbocycles. The summed E-state index contributed by atoms with van der Waals surface area (Å²) in [5.41, 5.74) is 3.26. The van der Waals surface area contributed by atoms with Gasteiger partial charge in [-0.15, -0.1) is 11.3 Å². The van der Waals surface area contributed by atoms with E-state index in [1.165, 1.54) is 34.6 Å². The van der Waals surface area contributed by atoms with Crippen molar-refractivity contribution in [1.29, 1.82) is 0 Å². The number of ketones is 2. The highest BCUT2D eigenvalue weighted by Crippen LogP contribution is 2.32. The average Bonchev–Trinajstić information content (AvgIpc) is 3.30. The van der Waals surface area contributed by atoms with Gasteiger partial charge in [0.25, 0.3) is 5.56 Å².